The number of benzene rings is 1. The van der Waals surface area contributed by atoms with E-state index in [1.807, 2.05) is 30.3 Å². The molecule has 148 valence electrons. The number of aromatic nitrogens is 1. The van der Waals surface area contributed by atoms with Crippen molar-refractivity contribution in [3.63, 3.8) is 0 Å². The first kappa shape index (κ1) is 20.1. The van der Waals surface area contributed by atoms with E-state index in [2.05, 4.69) is 48.2 Å². The zero-order valence-corrected chi connectivity index (χ0v) is 16.9. The summed E-state index contributed by atoms with van der Waals surface area (Å²) in [5, 5.41) is 2.83. The predicted octanol–water partition coefficient (Wildman–Crippen LogP) is 4.33. The van der Waals surface area contributed by atoms with Crippen LogP contribution in [0.25, 0.3) is 6.08 Å². The van der Waals surface area contributed by atoms with Crippen molar-refractivity contribution in [2.24, 2.45) is 0 Å². The number of hydrogen-bond donors (Lipinski definition) is 1. The molecular formula is C23H29N3O2. The largest absolute Gasteiger partial charge is 0.474 e. The van der Waals surface area contributed by atoms with Crippen LogP contribution < -0.4 is 10.1 Å². The molecule has 0 spiro atoms. The highest BCUT2D eigenvalue weighted by Crippen LogP contribution is 2.18. The Hall–Kier alpha value is -2.66. The third kappa shape index (κ3) is 5.92. The summed E-state index contributed by atoms with van der Waals surface area (Å²) >= 11 is 0. The molecule has 0 bridgehead atoms. The van der Waals surface area contributed by atoms with Crippen LogP contribution in [0.2, 0.25) is 0 Å². The van der Waals surface area contributed by atoms with Gasteiger partial charge in [-0.15, -0.1) is 0 Å². The summed E-state index contributed by atoms with van der Waals surface area (Å²) in [5.41, 5.74) is 2.94. The van der Waals surface area contributed by atoms with Crippen LogP contribution in [0.4, 0.5) is 5.69 Å². The van der Waals surface area contributed by atoms with Crippen molar-refractivity contribution in [2.45, 2.75) is 38.7 Å². The number of nitrogens with zero attached hydrogens (tertiary/aromatic N) is 2. The second kappa shape index (κ2) is 9.51. The van der Waals surface area contributed by atoms with E-state index < -0.39 is 0 Å². The molecule has 5 heteroatoms. The van der Waals surface area contributed by atoms with Crippen LogP contribution in [0, 0.1) is 0 Å². The standard InChI is InChI=1S/C23H29N3O2/c1-17(2)19-7-4-18(5-8-19)6-10-22(27)25-20-9-11-23(24-16-20)28-21-12-14-26(3)15-13-21/h4-11,16-17,21H,12-15H2,1-3H3,(H,25,27)/b10-6+. The minimum atomic E-state index is -0.182. The number of piperidine rings is 1. The average molecular weight is 380 g/mol. The molecule has 1 fully saturated rings. The number of ether oxygens (including phenoxy) is 1. The van der Waals surface area contributed by atoms with E-state index in [0.717, 1.165) is 31.5 Å². The molecule has 2 aromatic rings. The van der Waals surface area contributed by atoms with E-state index in [9.17, 15) is 4.79 Å². The Morgan fingerprint density at radius 3 is 2.50 bits per heavy atom. The molecule has 0 aliphatic carbocycles. The van der Waals surface area contributed by atoms with Crippen LogP contribution in [-0.4, -0.2) is 42.0 Å². The third-order valence-electron chi connectivity index (χ3n) is 4.99. The number of amides is 1. The Kier molecular flexibility index (Phi) is 6.82. The smallest absolute Gasteiger partial charge is 0.248 e. The Bertz CT molecular complexity index is 790. The molecule has 1 aromatic carbocycles. The molecule has 0 atom stereocenters. The van der Waals surface area contributed by atoms with Crippen LogP contribution in [0.5, 0.6) is 5.88 Å². The van der Waals surface area contributed by atoms with Gasteiger partial charge in [0.2, 0.25) is 11.8 Å². The summed E-state index contributed by atoms with van der Waals surface area (Å²) in [6.07, 6.45) is 7.22. The van der Waals surface area contributed by atoms with Gasteiger partial charge in [0.05, 0.1) is 11.9 Å². The van der Waals surface area contributed by atoms with Crippen molar-refractivity contribution in [3.8, 4) is 5.88 Å². The summed E-state index contributed by atoms with van der Waals surface area (Å²) in [7, 11) is 2.13. The number of pyridine rings is 1. The monoisotopic (exact) mass is 379 g/mol. The topological polar surface area (TPSA) is 54.5 Å². The number of carbonyl (C=O) groups is 1. The normalized spacial score (nSPS) is 15.9. The molecule has 1 saturated heterocycles. The molecule has 0 unspecified atom stereocenters. The van der Waals surface area contributed by atoms with E-state index in [0.29, 0.717) is 17.5 Å². The zero-order valence-electron chi connectivity index (χ0n) is 16.9. The quantitative estimate of drug-likeness (QED) is 0.759. The Morgan fingerprint density at radius 1 is 1.18 bits per heavy atom. The van der Waals surface area contributed by atoms with Gasteiger partial charge in [-0.25, -0.2) is 4.98 Å². The molecule has 0 radical (unpaired) electrons. The maximum Gasteiger partial charge on any atom is 0.248 e. The summed E-state index contributed by atoms with van der Waals surface area (Å²) in [6.45, 7) is 6.42. The first-order chi connectivity index (χ1) is 13.5. The molecule has 3 rings (SSSR count). The molecular weight excluding hydrogens is 350 g/mol. The van der Waals surface area contributed by atoms with Crippen LogP contribution in [0.3, 0.4) is 0 Å². The highest BCUT2D eigenvalue weighted by Gasteiger charge is 2.18. The van der Waals surface area contributed by atoms with Crippen LogP contribution in [0.15, 0.2) is 48.7 Å². The molecule has 5 nitrogen and oxygen atoms in total. The lowest BCUT2D eigenvalue weighted by Crippen LogP contribution is -2.35. The van der Waals surface area contributed by atoms with Gasteiger partial charge >= 0.3 is 0 Å². The predicted molar refractivity (Wildman–Crippen MR) is 114 cm³/mol. The number of rotatable bonds is 6. The van der Waals surface area contributed by atoms with Gasteiger partial charge in [0.25, 0.3) is 0 Å². The number of anilines is 1. The van der Waals surface area contributed by atoms with E-state index >= 15 is 0 Å². The van der Waals surface area contributed by atoms with Crippen molar-refractivity contribution < 1.29 is 9.53 Å². The Morgan fingerprint density at radius 2 is 1.89 bits per heavy atom. The fraction of sp³-hybridized carbons (Fsp3) is 0.391. The minimum Gasteiger partial charge on any atom is -0.474 e. The summed E-state index contributed by atoms with van der Waals surface area (Å²) in [6, 6.07) is 11.9. The molecule has 2 heterocycles. The lowest BCUT2D eigenvalue weighted by atomic mass is 10.0. The van der Waals surface area contributed by atoms with E-state index in [1.165, 1.54) is 11.6 Å². The third-order valence-corrected chi connectivity index (χ3v) is 4.99. The van der Waals surface area contributed by atoms with Crippen molar-refractivity contribution >= 4 is 17.7 Å². The summed E-state index contributed by atoms with van der Waals surface area (Å²) < 4.78 is 5.93. The zero-order chi connectivity index (χ0) is 19.9. The average Bonchev–Trinajstić information content (AvgIpc) is 2.70. The van der Waals surface area contributed by atoms with Crippen LogP contribution in [-0.2, 0) is 4.79 Å². The van der Waals surface area contributed by atoms with Crippen molar-refractivity contribution in [3.05, 3.63) is 59.8 Å². The maximum atomic E-state index is 12.1. The molecule has 0 saturated carbocycles. The maximum absolute atomic E-state index is 12.1. The molecule has 1 aromatic heterocycles. The van der Waals surface area contributed by atoms with Crippen LogP contribution >= 0.6 is 0 Å². The first-order valence-corrected chi connectivity index (χ1v) is 9.90. The number of likely N-dealkylation sites (tertiary alicyclic amines) is 1. The summed E-state index contributed by atoms with van der Waals surface area (Å²) in [5.74, 6) is 0.923. The van der Waals surface area contributed by atoms with Gasteiger partial charge in [-0.2, -0.15) is 0 Å². The fourth-order valence-corrected chi connectivity index (χ4v) is 3.15. The van der Waals surface area contributed by atoms with Crippen molar-refractivity contribution in [1.82, 2.24) is 9.88 Å². The fourth-order valence-electron chi connectivity index (χ4n) is 3.15. The molecule has 1 N–H and O–H groups in total. The molecule has 1 aliphatic rings. The molecule has 1 amide bonds. The summed E-state index contributed by atoms with van der Waals surface area (Å²) in [4.78, 5) is 18.8. The number of hydrogen-bond acceptors (Lipinski definition) is 4. The van der Waals surface area contributed by atoms with E-state index in [-0.39, 0.29) is 12.0 Å². The Labute approximate surface area is 167 Å². The highest BCUT2D eigenvalue weighted by atomic mass is 16.5. The first-order valence-electron chi connectivity index (χ1n) is 9.90. The van der Waals surface area contributed by atoms with Gasteiger partial charge < -0.3 is 15.0 Å². The second-order valence-corrected chi connectivity index (χ2v) is 7.65. The van der Waals surface area contributed by atoms with Crippen LogP contribution in [0.1, 0.15) is 43.7 Å². The van der Waals surface area contributed by atoms with Gasteiger partial charge in [0.15, 0.2) is 0 Å². The van der Waals surface area contributed by atoms with Gasteiger partial charge in [-0.05, 0) is 49.1 Å². The number of carbonyl (C=O) groups excluding carboxylic acids is 1. The lowest BCUT2D eigenvalue weighted by molar-refractivity contribution is -0.111. The molecule has 1 aliphatic heterocycles. The minimum absolute atomic E-state index is 0.182. The Balaban J connectivity index is 1.49. The lowest BCUT2D eigenvalue weighted by Gasteiger charge is -2.28. The van der Waals surface area contributed by atoms with Crippen molar-refractivity contribution in [1.29, 1.82) is 0 Å². The second-order valence-electron chi connectivity index (χ2n) is 7.65. The van der Waals surface area contributed by atoms with E-state index in [4.69, 9.17) is 4.74 Å². The van der Waals surface area contributed by atoms with Gasteiger partial charge in [-0.1, -0.05) is 38.1 Å². The highest BCUT2D eigenvalue weighted by molar-refractivity contribution is 6.01. The van der Waals surface area contributed by atoms with Gasteiger partial charge in [0, 0.05) is 25.2 Å². The van der Waals surface area contributed by atoms with Gasteiger partial charge in [0.1, 0.15) is 6.10 Å². The van der Waals surface area contributed by atoms with Crippen molar-refractivity contribution in [2.75, 3.05) is 25.5 Å². The number of nitrogens with one attached hydrogen (secondary N) is 1. The van der Waals surface area contributed by atoms with Gasteiger partial charge in [-0.3, -0.25) is 4.79 Å². The SMILES string of the molecule is CC(C)c1ccc(/C=C/C(=O)Nc2ccc(OC3CCN(C)CC3)nc2)cc1. The van der Waals surface area contributed by atoms with E-state index in [1.54, 1.807) is 6.20 Å². The molecule has 28 heavy (non-hydrogen) atoms.